The van der Waals surface area contributed by atoms with Crippen molar-refractivity contribution in [2.75, 3.05) is 12.1 Å². The minimum Gasteiger partial charge on any atom is -0.454 e. The molecule has 5 nitrogen and oxygen atoms in total. The molecule has 126 valence electrons. The summed E-state index contributed by atoms with van der Waals surface area (Å²) >= 11 is 0. The lowest BCUT2D eigenvalue weighted by Gasteiger charge is -2.21. The highest BCUT2D eigenvalue weighted by Gasteiger charge is 2.23. The topological polar surface area (TPSA) is 64.2 Å². The molecule has 0 bridgehead atoms. The zero-order valence-corrected chi connectivity index (χ0v) is 13.8. The maximum atomic E-state index is 12.4. The van der Waals surface area contributed by atoms with Gasteiger partial charge in [-0.15, -0.1) is 0 Å². The van der Waals surface area contributed by atoms with E-state index in [9.17, 15) is 4.79 Å². The fraction of sp³-hybridized carbons (Fsp3) is 0.611. The molecule has 1 saturated carbocycles. The normalized spacial score (nSPS) is 19.7. The van der Waals surface area contributed by atoms with Crippen LogP contribution in [0.15, 0.2) is 18.2 Å². The second-order valence-electron chi connectivity index (χ2n) is 6.64. The van der Waals surface area contributed by atoms with Crippen molar-refractivity contribution in [3.63, 3.8) is 0 Å². The molecule has 3 rings (SSSR count). The molecule has 5 heteroatoms. The number of benzene rings is 1. The van der Waals surface area contributed by atoms with Gasteiger partial charge in [0, 0.05) is 11.8 Å². The van der Waals surface area contributed by atoms with Crippen LogP contribution in [-0.4, -0.2) is 24.8 Å². The maximum Gasteiger partial charge on any atom is 0.282 e. The van der Waals surface area contributed by atoms with Crippen LogP contribution < -0.4 is 20.1 Å². The van der Waals surface area contributed by atoms with Crippen LogP contribution in [-0.2, 0) is 4.79 Å². The number of carbonyl (C=O) groups excluding carboxylic acids is 1. The van der Waals surface area contributed by atoms with Gasteiger partial charge in [-0.25, -0.2) is 0 Å². The third-order valence-corrected chi connectivity index (χ3v) is 4.76. The van der Waals surface area contributed by atoms with E-state index in [1.807, 2.05) is 25.1 Å². The molecule has 0 aromatic heterocycles. The molecule has 0 radical (unpaired) electrons. The summed E-state index contributed by atoms with van der Waals surface area (Å²) in [4.78, 5) is 12.4. The van der Waals surface area contributed by atoms with Crippen molar-refractivity contribution in [2.45, 2.75) is 64.0 Å². The number of quaternary nitrogens is 1. The van der Waals surface area contributed by atoms with E-state index in [-0.39, 0.29) is 18.7 Å². The number of ether oxygens (including phenoxy) is 2. The van der Waals surface area contributed by atoms with Crippen LogP contribution >= 0.6 is 0 Å². The molecule has 1 aliphatic carbocycles. The van der Waals surface area contributed by atoms with Gasteiger partial charge >= 0.3 is 0 Å². The van der Waals surface area contributed by atoms with Crippen molar-refractivity contribution in [1.29, 1.82) is 0 Å². The fourth-order valence-electron chi connectivity index (χ4n) is 3.41. The van der Waals surface area contributed by atoms with Gasteiger partial charge < -0.3 is 20.1 Å². The summed E-state index contributed by atoms with van der Waals surface area (Å²) in [6, 6.07) is 6.01. The van der Waals surface area contributed by atoms with Gasteiger partial charge in [-0.05, 0) is 44.7 Å². The zero-order chi connectivity index (χ0) is 16.1. The quantitative estimate of drug-likeness (QED) is 0.896. The van der Waals surface area contributed by atoms with E-state index in [0.717, 1.165) is 11.4 Å². The number of nitrogens with one attached hydrogen (secondary N) is 1. The summed E-state index contributed by atoms with van der Waals surface area (Å²) in [6.07, 6.45) is 9.07. The molecule has 1 amide bonds. The van der Waals surface area contributed by atoms with Gasteiger partial charge in [-0.1, -0.05) is 19.3 Å². The molecule has 23 heavy (non-hydrogen) atoms. The van der Waals surface area contributed by atoms with Gasteiger partial charge in [-0.3, -0.25) is 4.79 Å². The van der Waals surface area contributed by atoms with Crippen LogP contribution in [0.25, 0.3) is 0 Å². The number of hydrogen-bond donors (Lipinski definition) is 2. The Kier molecular flexibility index (Phi) is 5.39. The van der Waals surface area contributed by atoms with E-state index in [1.54, 1.807) is 0 Å². The summed E-state index contributed by atoms with van der Waals surface area (Å²) in [5, 5.41) is 5.23. The summed E-state index contributed by atoms with van der Waals surface area (Å²) in [7, 11) is 0. The second-order valence-corrected chi connectivity index (χ2v) is 6.64. The van der Waals surface area contributed by atoms with Gasteiger partial charge in [0.1, 0.15) is 0 Å². The maximum absolute atomic E-state index is 12.4. The molecule has 0 spiro atoms. The number of fused-ring (bicyclic) bond motifs is 1. The Morgan fingerprint density at radius 1 is 1.13 bits per heavy atom. The Bertz CT molecular complexity index is 539. The lowest BCUT2D eigenvalue weighted by Crippen LogP contribution is -2.96. The molecule has 0 saturated heterocycles. The summed E-state index contributed by atoms with van der Waals surface area (Å²) in [5.41, 5.74) is 0.761. The molecule has 1 aromatic carbocycles. The Hall–Kier alpha value is -1.75. The van der Waals surface area contributed by atoms with Gasteiger partial charge in [0.05, 0.1) is 6.04 Å². The molecule has 2 aliphatic rings. The highest BCUT2D eigenvalue weighted by molar-refractivity contribution is 5.93. The molecular weight excluding hydrogens is 292 g/mol. The Labute approximate surface area is 137 Å². The lowest BCUT2D eigenvalue weighted by atomic mass is 9.96. The second kappa shape index (κ2) is 7.68. The van der Waals surface area contributed by atoms with Crippen molar-refractivity contribution in [2.24, 2.45) is 0 Å². The SMILES string of the molecule is C[C@H]([NH2+]C1CCCCCCC1)C(=O)Nc1ccc2c(c1)OCO2. The summed E-state index contributed by atoms with van der Waals surface area (Å²) in [6.45, 7) is 2.24. The van der Waals surface area contributed by atoms with Crippen LogP contribution in [0.1, 0.15) is 51.9 Å². The first-order chi connectivity index (χ1) is 11.2. The Morgan fingerprint density at radius 3 is 2.61 bits per heavy atom. The predicted molar refractivity (Wildman–Crippen MR) is 88.7 cm³/mol. The minimum atomic E-state index is -0.0788. The van der Waals surface area contributed by atoms with Gasteiger partial charge in [-0.2, -0.15) is 0 Å². The summed E-state index contributed by atoms with van der Waals surface area (Å²) < 4.78 is 10.6. The third kappa shape index (κ3) is 4.38. The van der Waals surface area contributed by atoms with E-state index in [4.69, 9.17) is 9.47 Å². The first kappa shape index (κ1) is 16.1. The third-order valence-electron chi connectivity index (χ3n) is 4.76. The number of nitrogens with two attached hydrogens (primary N) is 1. The predicted octanol–water partition coefficient (Wildman–Crippen LogP) is 2.42. The molecular formula is C18H27N2O3+. The van der Waals surface area contributed by atoms with Crippen LogP contribution in [0.4, 0.5) is 5.69 Å². The first-order valence-corrected chi connectivity index (χ1v) is 8.78. The minimum absolute atomic E-state index is 0.0472. The van der Waals surface area contributed by atoms with E-state index < -0.39 is 0 Å². The van der Waals surface area contributed by atoms with Crippen LogP contribution in [0.2, 0.25) is 0 Å². The Balaban J connectivity index is 1.52. The average Bonchev–Trinajstić information content (AvgIpc) is 2.97. The molecule has 1 aromatic rings. The molecule has 1 heterocycles. The Morgan fingerprint density at radius 2 is 1.83 bits per heavy atom. The van der Waals surface area contributed by atoms with E-state index in [0.29, 0.717) is 11.8 Å². The van der Waals surface area contributed by atoms with Crippen molar-refractivity contribution < 1.29 is 19.6 Å². The number of anilines is 1. The van der Waals surface area contributed by atoms with Crippen molar-refractivity contribution in [3.8, 4) is 11.5 Å². The zero-order valence-electron chi connectivity index (χ0n) is 13.8. The largest absolute Gasteiger partial charge is 0.454 e. The van der Waals surface area contributed by atoms with E-state index >= 15 is 0 Å². The van der Waals surface area contributed by atoms with Crippen LogP contribution in [0.3, 0.4) is 0 Å². The molecule has 0 unspecified atom stereocenters. The average molecular weight is 319 g/mol. The van der Waals surface area contributed by atoms with E-state index in [1.165, 1.54) is 44.9 Å². The molecule has 1 aliphatic heterocycles. The number of carbonyl (C=O) groups is 1. The van der Waals surface area contributed by atoms with Gasteiger partial charge in [0.25, 0.3) is 5.91 Å². The highest BCUT2D eigenvalue weighted by atomic mass is 16.7. The van der Waals surface area contributed by atoms with Crippen LogP contribution in [0.5, 0.6) is 11.5 Å². The monoisotopic (exact) mass is 319 g/mol. The fourth-order valence-corrected chi connectivity index (χ4v) is 3.41. The number of hydrogen-bond acceptors (Lipinski definition) is 3. The van der Waals surface area contributed by atoms with Crippen LogP contribution in [0, 0.1) is 0 Å². The van der Waals surface area contributed by atoms with Crippen molar-refractivity contribution in [3.05, 3.63) is 18.2 Å². The standard InChI is InChI=1S/C18H26N2O3/c1-13(19-14-7-5-3-2-4-6-8-14)18(21)20-15-9-10-16-17(11-15)23-12-22-16/h9-11,13-14,19H,2-8,12H2,1H3,(H,20,21)/p+1/t13-/m0/s1. The molecule has 3 N–H and O–H groups in total. The molecule has 1 atom stereocenters. The highest BCUT2D eigenvalue weighted by Crippen LogP contribution is 2.34. The smallest absolute Gasteiger partial charge is 0.282 e. The molecule has 1 fully saturated rings. The first-order valence-electron chi connectivity index (χ1n) is 8.78. The van der Waals surface area contributed by atoms with E-state index in [2.05, 4.69) is 10.6 Å². The summed E-state index contributed by atoms with van der Waals surface area (Å²) in [5.74, 6) is 1.47. The van der Waals surface area contributed by atoms with Gasteiger partial charge in [0.2, 0.25) is 6.79 Å². The van der Waals surface area contributed by atoms with Gasteiger partial charge in [0.15, 0.2) is 17.5 Å². The van der Waals surface area contributed by atoms with Crippen molar-refractivity contribution in [1.82, 2.24) is 0 Å². The number of amides is 1. The lowest BCUT2D eigenvalue weighted by molar-refractivity contribution is -0.707. The number of rotatable bonds is 4. The van der Waals surface area contributed by atoms with Crippen molar-refractivity contribution >= 4 is 11.6 Å².